The Bertz CT molecular complexity index is 1360. The second-order valence-electron chi connectivity index (χ2n) is 7.10. The Labute approximate surface area is 168 Å². The Morgan fingerprint density at radius 1 is 0.897 bits per heavy atom. The van der Waals surface area contributed by atoms with Crippen molar-refractivity contribution in [3.63, 3.8) is 0 Å². The summed E-state index contributed by atoms with van der Waals surface area (Å²) in [7, 11) is 0. The van der Waals surface area contributed by atoms with Crippen LogP contribution in [0.4, 0.5) is 5.69 Å². The number of hydrogen-bond donors (Lipinski definition) is 1. The number of carbonyl (C=O) groups is 1. The molecule has 0 atom stereocenters. The quantitative estimate of drug-likeness (QED) is 0.436. The van der Waals surface area contributed by atoms with Gasteiger partial charge in [-0.05, 0) is 54.3 Å². The molecule has 2 aromatic heterocycles. The number of nitrogens with zero attached hydrogens (tertiary/aromatic N) is 2. The molecule has 0 bridgehead atoms. The van der Waals surface area contributed by atoms with Gasteiger partial charge < -0.3 is 9.88 Å². The van der Waals surface area contributed by atoms with Gasteiger partial charge in [0.25, 0.3) is 5.91 Å². The number of amides is 1. The van der Waals surface area contributed by atoms with Crippen molar-refractivity contribution in [3.05, 3.63) is 102 Å². The smallest absolute Gasteiger partial charge is 0.257 e. The molecule has 0 fully saturated rings. The van der Waals surface area contributed by atoms with Gasteiger partial charge >= 0.3 is 0 Å². The van der Waals surface area contributed by atoms with Crippen molar-refractivity contribution in [2.24, 2.45) is 0 Å². The Kier molecular flexibility index (Phi) is 4.10. The lowest BCUT2D eigenvalue weighted by Gasteiger charge is -2.14. The van der Waals surface area contributed by atoms with Gasteiger partial charge in [0.05, 0.1) is 28.0 Å². The van der Waals surface area contributed by atoms with Crippen LogP contribution in [0, 0.1) is 6.92 Å². The molecule has 0 unspecified atom stereocenters. The van der Waals surface area contributed by atoms with E-state index in [4.69, 9.17) is 0 Å². The minimum atomic E-state index is -0.157. The maximum absolute atomic E-state index is 13.3. The van der Waals surface area contributed by atoms with Crippen LogP contribution in [0.5, 0.6) is 0 Å². The number of fused-ring (bicyclic) bond motifs is 2. The molecule has 0 aliphatic heterocycles. The number of nitrogens with one attached hydrogen (secondary N) is 1. The van der Waals surface area contributed by atoms with E-state index in [1.54, 1.807) is 6.20 Å². The third-order valence-corrected chi connectivity index (χ3v) is 5.14. The second kappa shape index (κ2) is 6.91. The minimum Gasteiger partial charge on any atom is -0.320 e. The van der Waals surface area contributed by atoms with E-state index in [1.165, 1.54) is 0 Å². The van der Waals surface area contributed by atoms with Gasteiger partial charge in [-0.3, -0.25) is 9.78 Å². The second-order valence-corrected chi connectivity index (χ2v) is 7.10. The van der Waals surface area contributed by atoms with Crippen LogP contribution in [0.25, 0.3) is 27.5 Å². The largest absolute Gasteiger partial charge is 0.320 e. The zero-order chi connectivity index (χ0) is 19.8. The van der Waals surface area contributed by atoms with E-state index in [2.05, 4.69) is 33.1 Å². The lowest BCUT2D eigenvalue weighted by molar-refractivity contribution is 0.102. The van der Waals surface area contributed by atoms with Crippen molar-refractivity contribution < 1.29 is 4.79 Å². The molecule has 4 nitrogen and oxygen atoms in total. The molecular formula is C25H19N3O. The first kappa shape index (κ1) is 17.2. The number of pyridine rings is 1. The van der Waals surface area contributed by atoms with Crippen LogP contribution in [-0.4, -0.2) is 15.5 Å². The summed E-state index contributed by atoms with van der Waals surface area (Å²) in [5.41, 5.74) is 5.13. The Hall–Kier alpha value is -3.92. The molecule has 0 aliphatic carbocycles. The molecule has 1 amide bonds. The molecule has 5 aromatic rings. The van der Waals surface area contributed by atoms with E-state index in [0.717, 1.165) is 33.1 Å². The van der Waals surface area contributed by atoms with Crippen LogP contribution in [0.15, 0.2) is 91.3 Å². The molecule has 2 heterocycles. The number of aromatic nitrogens is 2. The molecule has 29 heavy (non-hydrogen) atoms. The summed E-state index contributed by atoms with van der Waals surface area (Å²) in [6, 6.07) is 25.8. The number of para-hydroxylation sites is 2. The zero-order valence-electron chi connectivity index (χ0n) is 16.0. The van der Waals surface area contributed by atoms with Gasteiger partial charge in [-0.1, -0.05) is 42.5 Å². The highest BCUT2D eigenvalue weighted by atomic mass is 16.1. The summed E-state index contributed by atoms with van der Waals surface area (Å²) >= 11 is 0. The topological polar surface area (TPSA) is 46.9 Å². The summed E-state index contributed by atoms with van der Waals surface area (Å²) in [4.78, 5) is 17.7. The fourth-order valence-corrected chi connectivity index (χ4v) is 3.72. The van der Waals surface area contributed by atoms with Crippen molar-refractivity contribution in [1.82, 2.24) is 9.55 Å². The van der Waals surface area contributed by atoms with E-state index in [-0.39, 0.29) is 5.91 Å². The average Bonchev–Trinajstić information content (AvgIpc) is 3.18. The van der Waals surface area contributed by atoms with Crippen molar-refractivity contribution in [3.8, 4) is 5.69 Å². The molecule has 0 saturated heterocycles. The van der Waals surface area contributed by atoms with Crippen LogP contribution in [0.1, 0.15) is 15.9 Å². The number of benzene rings is 3. The van der Waals surface area contributed by atoms with Crippen LogP contribution < -0.4 is 5.32 Å². The van der Waals surface area contributed by atoms with E-state index in [9.17, 15) is 4.79 Å². The highest BCUT2D eigenvalue weighted by Gasteiger charge is 2.16. The normalized spacial score (nSPS) is 11.1. The first-order chi connectivity index (χ1) is 14.2. The molecule has 0 radical (unpaired) electrons. The first-order valence-electron chi connectivity index (χ1n) is 9.53. The summed E-state index contributed by atoms with van der Waals surface area (Å²) < 4.78 is 2.07. The first-order valence-corrected chi connectivity index (χ1v) is 9.53. The number of rotatable bonds is 3. The maximum Gasteiger partial charge on any atom is 0.257 e. The SMILES string of the molecule is Cc1ccc(C(=O)Nc2cccc3cccnc23)c(-n2ccc3ccccc32)c1. The molecular weight excluding hydrogens is 358 g/mol. The van der Waals surface area contributed by atoms with E-state index < -0.39 is 0 Å². The minimum absolute atomic E-state index is 0.157. The monoisotopic (exact) mass is 377 g/mol. The summed E-state index contributed by atoms with van der Waals surface area (Å²) in [5.74, 6) is -0.157. The van der Waals surface area contributed by atoms with Gasteiger partial charge in [0.2, 0.25) is 0 Å². The van der Waals surface area contributed by atoms with Crippen LogP contribution in [0.2, 0.25) is 0 Å². The van der Waals surface area contributed by atoms with Gasteiger partial charge in [-0.25, -0.2) is 0 Å². The van der Waals surface area contributed by atoms with Gasteiger partial charge in [0.1, 0.15) is 0 Å². The highest BCUT2D eigenvalue weighted by Crippen LogP contribution is 2.26. The molecule has 0 saturated carbocycles. The van der Waals surface area contributed by atoms with Crippen LogP contribution >= 0.6 is 0 Å². The van der Waals surface area contributed by atoms with Gasteiger partial charge in [-0.15, -0.1) is 0 Å². The predicted molar refractivity (Wildman–Crippen MR) is 118 cm³/mol. The maximum atomic E-state index is 13.3. The lowest BCUT2D eigenvalue weighted by atomic mass is 10.1. The fraction of sp³-hybridized carbons (Fsp3) is 0.0400. The molecule has 5 rings (SSSR count). The standard InChI is InChI=1S/C25H19N3O/c1-17-11-12-20(23(16-17)28-15-13-18-6-2-3-10-22(18)28)25(29)27-21-9-4-7-19-8-5-14-26-24(19)21/h2-16H,1H3,(H,27,29). The van der Waals surface area contributed by atoms with Crippen molar-refractivity contribution in [1.29, 1.82) is 0 Å². The molecule has 0 aliphatic rings. The van der Waals surface area contributed by atoms with Crippen molar-refractivity contribution >= 4 is 33.4 Å². The number of carbonyl (C=O) groups excluding carboxylic acids is 1. The van der Waals surface area contributed by atoms with E-state index in [1.807, 2.05) is 73.8 Å². The third kappa shape index (κ3) is 3.05. The molecule has 3 aromatic carbocycles. The summed E-state index contributed by atoms with van der Waals surface area (Å²) in [6.07, 6.45) is 3.75. The number of aryl methyl sites for hydroxylation is 1. The predicted octanol–water partition coefficient (Wildman–Crippen LogP) is 5.74. The summed E-state index contributed by atoms with van der Waals surface area (Å²) in [5, 5.41) is 5.19. The van der Waals surface area contributed by atoms with E-state index >= 15 is 0 Å². The van der Waals surface area contributed by atoms with Crippen molar-refractivity contribution in [2.45, 2.75) is 6.92 Å². The van der Waals surface area contributed by atoms with E-state index in [0.29, 0.717) is 11.3 Å². The molecule has 4 heteroatoms. The Balaban J connectivity index is 1.60. The van der Waals surface area contributed by atoms with Crippen molar-refractivity contribution in [2.75, 3.05) is 5.32 Å². The van der Waals surface area contributed by atoms with Gasteiger partial charge in [-0.2, -0.15) is 0 Å². The molecule has 140 valence electrons. The van der Waals surface area contributed by atoms with Crippen LogP contribution in [0.3, 0.4) is 0 Å². The lowest BCUT2D eigenvalue weighted by Crippen LogP contribution is -2.15. The number of anilines is 1. The Morgan fingerprint density at radius 3 is 2.66 bits per heavy atom. The fourth-order valence-electron chi connectivity index (χ4n) is 3.72. The average molecular weight is 377 g/mol. The van der Waals surface area contributed by atoms with Gasteiger partial charge in [0.15, 0.2) is 0 Å². The highest BCUT2D eigenvalue weighted by molar-refractivity contribution is 6.10. The Morgan fingerprint density at radius 2 is 1.72 bits per heavy atom. The molecule has 1 N–H and O–H groups in total. The van der Waals surface area contributed by atoms with Crippen LogP contribution in [-0.2, 0) is 0 Å². The number of hydrogen-bond acceptors (Lipinski definition) is 2. The summed E-state index contributed by atoms with van der Waals surface area (Å²) in [6.45, 7) is 2.03. The molecule has 0 spiro atoms. The van der Waals surface area contributed by atoms with Gasteiger partial charge in [0, 0.05) is 17.8 Å². The third-order valence-electron chi connectivity index (χ3n) is 5.14. The zero-order valence-corrected chi connectivity index (χ0v) is 16.0.